The number of hydrogen-bond donors (Lipinski definition) is 1. The Balaban J connectivity index is 1.68. The summed E-state index contributed by atoms with van der Waals surface area (Å²) in [7, 11) is 3.19. The van der Waals surface area contributed by atoms with Gasteiger partial charge in [-0.05, 0) is 48.9 Å². The van der Waals surface area contributed by atoms with Crippen LogP contribution in [0.15, 0.2) is 81.9 Å². The Hall–Kier alpha value is -3.65. The average Bonchev–Trinajstić information content (AvgIpc) is 2.98. The van der Waals surface area contributed by atoms with Crippen molar-refractivity contribution >= 4 is 40.6 Å². The molecule has 1 aliphatic heterocycles. The van der Waals surface area contributed by atoms with Gasteiger partial charge in [0.2, 0.25) is 5.91 Å². The van der Waals surface area contributed by atoms with Crippen LogP contribution in [0.5, 0.6) is 11.5 Å². The largest absolute Gasteiger partial charge is 0.493 e. The fourth-order valence-corrected chi connectivity index (χ4v) is 4.24. The van der Waals surface area contributed by atoms with E-state index in [-0.39, 0.29) is 17.6 Å². The highest BCUT2D eigenvalue weighted by atomic mass is 32.2. The molecule has 168 valence electrons. The number of amides is 1. The van der Waals surface area contributed by atoms with Crippen LogP contribution in [0.2, 0.25) is 0 Å². The van der Waals surface area contributed by atoms with Crippen LogP contribution in [0.25, 0.3) is 0 Å². The van der Waals surface area contributed by atoms with Crippen molar-refractivity contribution in [3.63, 3.8) is 0 Å². The molecule has 1 atom stereocenters. The summed E-state index contributed by atoms with van der Waals surface area (Å²) < 4.78 is 10.9. The number of carbonyl (C=O) groups is 1. The number of aliphatic imine (C=N–C) groups is 2. The highest BCUT2D eigenvalue weighted by Gasteiger charge is 2.27. The number of thioether (sulfide) groups is 1. The first kappa shape index (κ1) is 22.5. The molecule has 0 aliphatic carbocycles. The summed E-state index contributed by atoms with van der Waals surface area (Å²) in [6, 6.07) is 18.9. The number of rotatable bonds is 6. The molecule has 0 fully saturated rings. The summed E-state index contributed by atoms with van der Waals surface area (Å²) >= 11 is 1.37. The van der Waals surface area contributed by atoms with Gasteiger partial charge in [-0.1, -0.05) is 36.0 Å². The van der Waals surface area contributed by atoms with Gasteiger partial charge in [-0.15, -0.1) is 0 Å². The van der Waals surface area contributed by atoms with E-state index in [2.05, 4.69) is 10.3 Å². The molecule has 0 bridgehead atoms. The molecule has 0 spiro atoms. The lowest BCUT2D eigenvalue weighted by atomic mass is 9.92. The highest BCUT2D eigenvalue weighted by molar-refractivity contribution is 7.99. The molecule has 0 radical (unpaired) electrons. The van der Waals surface area contributed by atoms with Crippen molar-refractivity contribution in [2.75, 3.05) is 20.0 Å². The van der Waals surface area contributed by atoms with Gasteiger partial charge < -0.3 is 14.8 Å². The number of benzene rings is 2. The first-order valence-electron chi connectivity index (χ1n) is 10.4. The van der Waals surface area contributed by atoms with Crippen LogP contribution in [0.3, 0.4) is 0 Å². The Morgan fingerprint density at radius 2 is 1.70 bits per heavy atom. The van der Waals surface area contributed by atoms with Gasteiger partial charge in [0.15, 0.2) is 11.5 Å². The summed E-state index contributed by atoms with van der Waals surface area (Å²) in [5.74, 6) is 1.43. The number of para-hydroxylation sites is 2. The predicted molar refractivity (Wildman–Crippen MR) is 132 cm³/mol. The van der Waals surface area contributed by atoms with E-state index in [4.69, 9.17) is 19.5 Å². The van der Waals surface area contributed by atoms with Crippen LogP contribution in [0.4, 0.5) is 11.4 Å². The Morgan fingerprint density at radius 3 is 2.39 bits per heavy atom. The van der Waals surface area contributed by atoms with Gasteiger partial charge >= 0.3 is 0 Å². The van der Waals surface area contributed by atoms with Crippen molar-refractivity contribution in [1.29, 1.82) is 0 Å². The van der Waals surface area contributed by atoms with Crippen LogP contribution in [0, 0.1) is 0 Å². The molecule has 8 heteroatoms. The number of aromatic nitrogens is 1. The fourth-order valence-electron chi connectivity index (χ4n) is 3.58. The molecule has 4 rings (SSSR count). The third-order valence-electron chi connectivity index (χ3n) is 5.11. The highest BCUT2D eigenvalue weighted by Crippen LogP contribution is 2.37. The van der Waals surface area contributed by atoms with Crippen molar-refractivity contribution in [3.05, 3.63) is 72.4 Å². The number of nitrogens with one attached hydrogen (secondary N) is 1. The van der Waals surface area contributed by atoms with Crippen molar-refractivity contribution < 1.29 is 14.3 Å². The molecule has 2 heterocycles. The number of pyridine rings is 1. The number of nitrogens with zero attached hydrogens (tertiary/aromatic N) is 3. The van der Waals surface area contributed by atoms with Gasteiger partial charge in [-0.25, -0.2) is 9.98 Å². The minimum absolute atomic E-state index is 0.165. The van der Waals surface area contributed by atoms with Gasteiger partial charge in [0, 0.05) is 11.9 Å². The zero-order chi connectivity index (χ0) is 23.2. The molecule has 7 nitrogen and oxygen atoms in total. The van der Waals surface area contributed by atoms with Crippen LogP contribution >= 0.6 is 11.8 Å². The average molecular weight is 461 g/mol. The lowest BCUT2D eigenvalue weighted by Gasteiger charge is -2.20. The normalized spacial score (nSPS) is 14.9. The molecule has 1 amide bonds. The summed E-state index contributed by atoms with van der Waals surface area (Å²) in [6.07, 6.45) is 1.71. The molecule has 0 saturated carbocycles. The SMILES string of the molecule is COc1ccc([C@@H]2C(C)=Nc3ccccc3N=C2NC(=O)CSc2ccccn2)cc1OC. The maximum Gasteiger partial charge on any atom is 0.235 e. The third kappa shape index (κ3) is 5.23. The van der Waals surface area contributed by atoms with E-state index in [1.807, 2.05) is 67.6 Å². The van der Waals surface area contributed by atoms with E-state index >= 15 is 0 Å². The molecule has 0 unspecified atom stereocenters. The first-order valence-corrected chi connectivity index (χ1v) is 11.4. The lowest BCUT2D eigenvalue weighted by Crippen LogP contribution is -2.38. The second-order valence-electron chi connectivity index (χ2n) is 7.29. The van der Waals surface area contributed by atoms with Gasteiger partial charge in [0.25, 0.3) is 0 Å². The minimum atomic E-state index is -0.360. The maximum absolute atomic E-state index is 12.9. The summed E-state index contributed by atoms with van der Waals surface area (Å²) in [5.41, 5.74) is 3.15. The standard InChI is InChI=1S/C25H24N4O3S/c1-16-24(17-11-12-20(31-2)21(14-17)32-3)25(28-19-9-5-4-8-18(19)27-16)29-22(30)15-33-23-10-6-7-13-26-23/h4-14,24H,15H2,1-3H3,(H,28,29,30)/t24-/m0/s1. The molecular weight excluding hydrogens is 436 g/mol. The third-order valence-corrected chi connectivity index (χ3v) is 6.05. The second kappa shape index (κ2) is 10.3. The van der Waals surface area contributed by atoms with Crippen LogP contribution in [-0.2, 0) is 4.79 Å². The number of methoxy groups -OCH3 is 2. The van der Waals surface area contributed by atoms with Gasteiger partial charge in [0.05, 0.1) is 42.3 Å². The Kier molecular flexibility index (Phi) is 7.04. The summed E-state index contributed by atoms with van der Waals surface area (Å²) in [5, 5.41) is 3.81. The number of ether oxygens (including phenoxy) is 2. The number of amidine groups is 1. The molecular formula is C25H24N4O3S. The van der Waals surface area contributed by atoms with Crippen LogP contribution in [-0.4, -0.2) is 42.4 Å². The van der Waals surface area contributed by atoms with E-state index in [0.29, 0.717) is 23.0 Å². The Morgan fingerprint density at radius 1 is 0.970 bits per heavy atom. The predicted octanol–water partition coefficient (Wildman–Crippen LogP) is 4.93. The number of fused-ring (bicyclic) bond motifs is 1. The smallest absolute Gasteiger partial charge is 0.235 e. The van der Waals surface area contributed by atoms with E-state index in [1.54, 1.807) is 20.4 Å². The van der Waals surface area contributed by atoms with E-state index in [0.717, 1.165) is 22.0 Å². The quantitative estimate of drug-likeness (QED) is 0.528. The minimum Gasteiger partial charge on any atom is -0.493 e. The lowest BCUT2D eigenvalue weighted by molar-refractivity contribution is -0.117. The molecule has 1 aromatic heterocycles. The number of hydrogen-bond acceptors (Lipinski definition) is 7. The van der Waals surface area contributed by atoms with Gasteiger partial charge in [-0.2, -0.15) is 0 Å². The number of carbonyl (C=O) groups excluding carboxylic acids is 1. The molecule has 1 N–H and O–H groups in total. The fraction of sp³-hybridized carbons (Fsp3) is 0.200. The summed E-state index contributed by atoms with van der Waals surface area (Å²) in [4.78, 5) is 26.8. The van der Waals surface area contributed by atoms with Crippen LogP contribution in [0.1, 0.15) is 18.4 Å². The second-order valence-corrected chi connectivity index (χ2v) is 8.29. The molecule has 2 aromatic carbocycles. The molecule has 33 heavy (non-hydrogen) atoms. The Labute approximate surface area is 197 Å². The zero-order valence-corrected chi connectivity index (χ0v) is 19.4. The van der Waals surface area contributed by atoms with Gasteiger partial charge in [0.1, 0.15) is 5.84 Å². The van der Waals surface area contributed by atoms with E-state index in [9.17, 15) is 4.79 Å². The summed E-state index contributed by atoms with van der Waals surface area (Å²) in [6.45, 7) is 1.94. The van der Waals surface area contributed by atoms with Crippen molar-refractivity contribution in [1.82, 2.24) is 10.3 Å². The first-order chi connectivity index (χ1) is 16.1. The van der Waals surface area contributed by atoms with Crippen molar-refractivity contribution in [2.24, 2.45) is 9.98 Å². The Bertz CT molecular complexity index is 1210. The molecule has 1 aliphatic rings. The topological polar surface area (TPSA) is 85.2 Å². The monoisotopic (exact) mass is 460 g/mol. The molecule has 3 aromatic rings. The van der Waals surface area contributed by atoms with Crippen LogP contribution < -0.4 is 14.8 Å². The van der Waals surface area contributed by atoms with Crippen molar-refractivity contribution in [2.45, 2.75) is 17.9 Å². The van der Waals surface area contributed by atoms with E-state index in [1.165, 1.54) is 11.8 Å². The molecule has 0 saturated heterocycles. The van der Waals surface area contributed by atoms with E-state index < -0.39 is 0 Å². The zero-order valence-electron chi connectivity index (χ0n) is 18.6. The van der Waals surface area contributed by atoms with Crippen molar-refractivity contribution in [3.8, 4) is 11.5 Å². The maximum atomic E-state index is 12.9. The van der Waals surface area contributed by atoms with Gasteiger partial charge in [-0.3, -0.25) is 9.79 Å².